The van der Waals surface area contributed by atoms with Crippen molar-refractivity contribution in [2.75, 3.05) is 5.88 Å². The van der Waals surface area contributed by atoms with Gasteiger partial charge >= 0.3 is 0 Å². The van der Waals surface area contributed by atoms with Crippen LogP contribution in [0.3, 0.4) is 0 Å². The summed E-state index contributed by atoms with van der Waals surface area (Å²) in [5.41, 5.74) is 2.41. The number of benzene rings is 2. The summed E-state index contributed by atoms with van der Waals surface area (Å²) in [5.74, 6) is 0.904. The first-order valence-corrected chi connectivity index (χ1v) is 6.79. The molecule has 3 heteroatoms. The molecule has 3 rings (SSSR count). The Morgan fingerprint density at radius 2 is 1.82 bits per heavy atom. The molecular formula is C14H11ClNS+. The fraction of sp³-hybridized carbons (Fsp3) is 0.0714. The minimum Gasteiger partial charge on any atom is -0.188 e. The summed E-state index contributed by atoms with van der Waals surface area (Å²) in [5, 5.41) is 0.844. The summed E-state index contributed by atoms with van der Waals surface area (Å²) in [6.07, 6.45) is 2.16. The molecule has 1 nitrogen and oxygen atoms in total. The minimum absolute atomic E-state index is 0.844. The van der Waals surface area contributed by atoms with Gasteiger partial charge in [0.1, 0.15) is 0 Å². The maximum atomic E-state index is 6.18. The Labute approximate surface area is 110 Å². The highest BCUT2D eigenvalue weighted by Gasteiger charge is 2.19. The molecule has 0 N–H and O–H groups in total. The van der Waals surface area contributed by atoms with E-state index in [9.17, 15) is 0 Å². The predicted octanol–water partition coefficient (Wildman–Crippen LogP) is 4.17. The van der Waals surface area contributed by atoms with Gasteiger partial charge in [-0.25, -0.2) is 0 Å². The average molecular weight is 261 g/mol. The van der Waals surface area contributed by atoms with E-state index >= 15 is 0 Å². The smallest absolute Gasteiger partial charge is 0.188 e. The number of hydrogen-bond donors (Lipinski definition) is 0. The van der Waals surface area contributed by atoms with Gasteiger partial charge in [-0.1, -0.05) is 47.6 Å². The summed E-state index contributed by atoms with van der Waals surface area (Å²) >= 11 is 7.96. The number of nitrogens with zero attached hydrogens (tertiary/aromatic N) is 1. The fourth-order valence-corrected chi connectivity index (χ4v) is 3.22. The third-order valence-electron chi connectivity index (χ3n) is 2.73. The Kier molecular flexibility index (Phi) is 2.91. The van der Waals surface area contributed by atoms with Gasteiger partial charge in [0.2, 0.25) is 5.69 Å². The summed E-state index contributed by atoms with van der Waals surface area (Å²) in [4.78, 5) is 1.18. The van der Waals surface area contributed by atoms with E-state index in [1.165, 1.54) is 16.1 Å². The molecule has 1 aliphatic rings. The van der Waals surface area contributed by atoms with Crippen molar-refractivity contribution in [1.82, 2.24) is 0 Å². The van der Waals surface area contributed by atoms with E-state index in [1.807, 2.05) is 18.2 Å². The van der Waals surface area contributed by atoms with Gasteiger partial charge in [0.25, 0.3) is 0 Å². The zero-order valence-corrected chi connectivity index (χ0v) is 10.7. The highest BCUT2D eigenvalue weighted by molar-refractivity contribution is 7.99. The summed E-state index contributed by atoms with van der Waals surface area (Å²) < 4.78 is 2.24. The van der Waals surface area contributed by atoms with Gasteiger partial charge in [-0.05, 0) is 12.1 Å². The van der Waals surface area contributed by atoms with E-state index in [4.69, 9.17) is 11.6 Å². The molecule has 0 atom stereocenters. The maximum Gasteiger partial charge on any atom is 0.205 e. The van der Waals surface area contributed by atoms with E-state index in [1.54, 1.807) is 11.8 Å². The molecule has 0 unspecified atom stereocenters. The quantitative estimate of drug-likeness (QED) is 0.696. The molecule has 1 aliphatic heterocycles. The molecule has 2 aromatic carbocycles. The molecule has 0 radical (unpaired) electrons. The zero-order chi connectivity index (χ0) is 11.7. The van der Waals surface area contributed by atoms with Gasteiger partial charge in [0, 0.05) is 17.0 Å². The van der Waals surface area contributed by atoms with Crippen LogP contribution in [0.2, 0.25) is 5.02 Å². The summed E-state index contributed by atoms with van der Waals surface area (Å²) in [6.45, 7) is 0. The first-order valence-electron chi connectivity index (χ1n) is 5.42. The standard InChI is InChI=1S/C14H11ClNS/c15-13-8-4-5-11-9-16(10-17-14(11)13)12-6-2-1-3-7-12/h1-9H,10H2/q+1. The third kappa shape index (κ3) is 2.11. The lowest BCUT2D eigenvalue weighted by molar-refractivity contribution is -0.411. The van der Waals surface area contributed by atoms with Gasteiger partial charge in [0.05, 0.1) is 10.6 Å². The zero-order valence-electron chi connectivity index (χ0n) is 9.14. The molecule has 0 bridgehead atoms. The van der Waals surface area contributed by atoms with E-state index in [0.717, 1.165) is 10.9 Å². The van der Waals surface area contributed by atoms with Crippen LogP contribution in [-0.2, 0) is 0 Å². The van der Waals surface area contributed by atoms with E-state index < -0.39 is 0 Å². The second-order valence-electron chi connectivity index (χ2n) is 3.87. The topological polar surface area (TPSA) is 3.01 Å². The molecule has 2 aromatic rings. The van der Waals surface area contributed by atoms with E-state index in [0.29, 0.717) is 0 Å². The molecule has 0 saturated carbocycles. The van der Waals surface area contributed by atoms with Crippen LogP contribution >= 0.6 is 23.4 Å². The molecule has 0 saturated heterocycles. The SMILES string of the molecule is Clc1cccc2c1SC[N+](c1ccccc1)=C2. The van der Waals surface area contributed by atoms with Crippen LogP contribution in [-0.4, -0.2) is 16.7 Å². The van der Waals surface area contributed by atoms with Crippen LogP contribution in [0.15, 0.2) is 53.4 Å². The van der Waals surface area contributed by atoms with Crippen LogP contribution in [0.1, 0.15) is 5.56 Å². The molecule has 0 amide bonds. The molecule has 84 valence electrons. The minimum atomic E-state index is 0.844. The average Bonchev–Trinajstić information content (AvgIpc) is 2.40. The van der Waals surface area contributed by atoms with Gasteiger partial charge in [-0.2, -0.15) is 4.58 Å². The number of fused-ring (bicyclic) bond motifs is 1. The van der Waals surface area contributed by atoms with Crippen molar-refractivity contribution < 1.29 is 4.58 Å². The van der Waals surface area contributed by atoms with E-state index in [-0.39, 0.29) is 0 Å². The predicted molar refractivity (Wildman–Crippen MR) is 73.7 cm³/mol. The van der Waals surface area contributed by atoms with Crippen molar-refractivity contribution >= 4 is 35.3 Å². The normalized spacial score (nSPS) is 14.1. The van der Waals surface area contributed by atoms with Crippen LogP contribution in [0.4, 0.5) is 5.69 Å². The van der Waals surface area contributed by atoms with Gasteiger partial charge < -0.3 is 0 Å². The van der Waals surface area contributed by atoms with Crippen molar-refractivity contribution in [2.45, 2.75) is 4.90 Å². The Balaban J connectivity index is 2.07. The number of para-hydroxylation sites is 1. The number of hydrogen-bond acceptors (Lipinski definition) is 1. The van der Waals surface area contributed by atoms with Crippen molar-refractivity contribution in [3.8, 4) is 0 Å². The second-order valence-corrected chi connectivity index (χ2v) is 5.23. The van der Waals surface area contributed by atoms with Gasteiger partial charge in [-0.3, -0.25) is 0 Å². The van der Waals surface area contributed by atoms with Crippen molar-refractivity contribution in [2.24, 2.45) is 0 Å². The molecular weight excluding hydrogens is 250 g/mol. The number of rotatable bonds is 1. The second kappa shape index (κ2) is 4.55. The van der Waals surface area contributed by atoms with Gasteiger partial charge in [-0.15, -0.1) is 0 Å². The molecule has 0 fully saturated rings. The highest BCUT2D eigenvalue weighted by atomic mass is 35.5. The van der Waals surface area contributed by atoms with Crippen molar-refractivity contribution in [3.05, 3.63) is 59.1 Å². The lowest BCUT2D eigenvalue weighted by Gasteiger charge is -2.12. The molecule has 0 aliphatic carbocycles. The maximum absolute atomic E-state index is 6.18. The fourth-order valence-electron chi connectivity index (χ4n) is 1.89. The summed E-state index contributed by atoms with van der Waals surface area (Å²) in [7, 11) is 0. The highest BCUT2D eigenvalue weighted by Crippen LogP contribution is 2.33. The van der Waals surface area contributed by atoms with Gasteiger partial charge in [0.15, 0.2) is 12.1 Å². The third-order valence-corrected chi connectivity index (χ3v) is 4.31. The molecule has 0 spiro atoms. The first-order chi connectivity index (χ1) is 8.34. The molecule has 1 heterocycles. The first kappa shape index (κ1) is 10.9. The Morgan fingerprint density at radius 1 is 1.00 bits per heavy atom. The van der Waals surface area contributed by atoms with Crippen LogP contribution in [0.25, 0.3) is 0 Å². The lowest BCUT2D eigenvalue weighted by Crippen LogP contribution is -2.12. The Hall–Kier alpha value is -1.25. The Morgan fingerprint density at radius 3 is 2.65 bits per heavy atom. The largest absolute Gasteiger partial charge is 0.205 e. The van der Waals surface area contributed by atoms with Crippen LogP contribution < -0.4 is 0 Å². The van der Waals surface area contributed by atoms with Crippen LogP contribution in [0, 0.1) is 0 Å². The number of thioether (sulfide) groups is 1. The Bertz CT molecular complexity index is 578. The molecule has 17 heavy (non-hydrogen) atoms. The summed E-state index contributed by atoms with van der Waals surface area (Å²) in [6, 6.07) is 16.4. The lowest BCUT2D eigenvalue weighted by atomic mass is 10.2. The van der Waals surface area contributed by atoms with Crippen molar-refractivity contribution in [1.29, 1.82) is 0 Å². The van der Waals surface area contributed by atoms with Crippen molar-refractivity contribution in [3.63, 3.8) is 0 Å². The monoisotopic (exact) mass is 260 g/mol. The molecule has 0 aromatic heterocycles. The number of halogens is 1. The van der Waals surface area contributed by atoms with E-state index in [2.05, 4.69) is 41.1 Å². The van der Waals surface area contributed by atoms with Crippen LogP contribution in [0.5, 0.6) is 0 Å².